The number of hydrogen-bond acceptors (Lipinski definition) is 2. The highest BCUT2D eigenvalue weighted by molar-refractivity contribution is 6.28. The lowest BCUT2D eigenvalue weighted by Gasteiger charge is -2.21. The molecule has 1 rings (SSSR count). The fourth-order valence-electron chi connectivity index (χ4n) is 3.61. The second-order valence-corrected chi connectivity index (χ2v) is 8.52. The average Bonchev–Trinajstić information content (AvgIpc) is 2.68. The van der Waals surface area contributed by atoms with Gasteiger partial charge in [-0.25, -0.2) is 0 Å². The van der Waals surface area contributed by atoms with Crippen molar-refractivity contribution < 1.29 is 9.53 Å². The van der Waals surface area contributed by atoms with E-state index >= 15 is 0 Å². The summed E-state index contributed by atoms with van der Waals surface area (Å²) in [5.74, 6) is 0.127. The van der Waals surface area contributed by atoms with Crippen molar-refractivity contribution in [3.63, 3.8) is 0 Å². The van der Waals surface area contributed by atoms with Crippen LogP contribution in [0, 0.1) is 12.3 Å². The first-order chi connectivity index (χ1) is 12.8. The van der Waals surface area contributed by atoms with Crippen LogP contribution >= 0.6 is 23.2 Å². The highest BCUT2D eigenvalue weighted by Gasteiger charge is 2.18. The lowest BCUT2D eigenvalue weighted by molar-refractivity contribution is 0.0326. The third-order valence-electron chi connectivity index (χ3n) is 5.38. The summed E-state index contributed by atoms with van der Waals surface area (Å²) in [5, 5.41) is -0.263. The van der Waals surface area contributed by atoms with Crippen LogP contribution in [0.1, 0.15) is 96.3 Å². The Morgan fingerprint density at radius 1 is 0.923 bits per heavy atom. The van der Waals surface area contributed by atoms with Gasteiger partial charge in [0.05, 0.1) is 11.5 Å². The summed E-state index contributed by atoms with van der Waals surface area (Å²) in [5.41, 5.74) is 0. The maximum atomic E-state index is 10.8. The van der Waals surface area contributed by atoms with E-state index in [1.165, 1.54) is 83.5 Å². The Hall–Kier alpha value is 0.210. The molecule has 0 bridgehead atoms. The van der Waals surface area contributed by atoms with Gasteiger partial charge in [0.1, 0.15) is 0 Å². The molecule has 1 aliphatic rings. The highest BCUT2D eigenvalue weighted by atomic mass is 35.5. The van der Waals surface area contributed by atoms with Crippen molar-refractivity contribution in [1.29, 1.82) is 0 Å². The molecule has 0 spiro atoms. The Morgan fingerprint density at radius 3 is 2.00 bits per heavy atom. The minimum Gasteiger partial charge on any atom is -0.378 e. The van der Waals surface area contributed by atoms with Gasteiger partial charge < -0.3 is 4.74 Å². The minimum atomic E-state index is -0.263. The predicted octanol–water partition coefficient (Wildman–Crippen LogP) is 7.01. The van der Waals surface area contributed by atoms with Gasteiger partial charge in [0.25, 0.3) is 0 Å². The third kappa shape index (κ3) is 12.6. The van der Waals surface area contributed by atoms with Gasteiger partial charge in [0, 0.05) is 18.4 Å². The zero-order valence-corrected chi connectivity index (χ0v) is 17.9. The quantitative estimate of drug-likeness (QED) is 0.192. The zero-order valence-electron chi connectivity index (χ0n) is 16.4. The van der Waals surface area contributed by atoms with Gasteiger partial charge in [-0.2, -0.15) is 0 Å². The van der Waals surface area contributed by atoms with Crippen molar-refractivity contribution in [1.82, 2.24) is 0 Å². The van der Waals surface area contributed by atoms with Crippen LogP contribution < -0.4 is 0 Å². The van der Waals surface area contributed by atoms with E-state index in [0.717, 1.165) is 19.4 Å². The molecule has 0 N–H and O–H groups in total. The average molecular weight is 405 g/mol. The lowest BCUT2D eigenvalue weighted by atomic mass is 9.98. The van der Waals surface area contributed by atoms with Crippen LogP contribution in [0.25, 0.3) is 0 Å². The zero-order chi connectivity index (χ0) is 18.9. The van der Waals surface area contributed by atoms with Crippen LogP contribution in [-0.4, -0.2) is 30.3 Å². The summed E-state index contributed by atoms with van der Waals surface area (Å²) in [6.45, 7) is 0.955. The molecule has 0 aliphatic heterocycles. The van der Waals surface area contributed by atoms with Crippen molar-refractivity contribution in [3.8, 4) is 0 Å². The Morgan fingerprint density at radius 2 is 1.46 bits per heavy atom. The van der Waals surface area contributed by atoms with Gasteiger partial charge in [-0.05, 0) is 44.9 Å². The molecule has 1 aliphatic carbocycles. The maximum absolute atomic E-state index is 10.8. The van der Waals surface area contributed by atoms with E-state index in [0.29, 0.717) is 12.0 Å². The second-order valence-electron chi connectivity index (χ2n) is 7.66. The minimum absolute atomic E-state index is 0.199. The Kier molecular flexibility index (Phi) is 16.2. The molecule has 1 saturated carbocycles. The van der Waals surface area contributed by atoms with Crippen molar-refractivity contribution in [2.45, 2.75) is 108 Å². The fraction of sp³-hybridized carbons (Fsp3) is 0.909. The molecule has 26 heavy (non-hydrogen) atoms. The lowest BCUT2D eigenvalue weighted by Crippen LogP contribution is -2.17. The molecule has 0 saturated heterocycles. The van der Waals surface area contributed by atoms with Crippen LogP contribution in [0.5, 0.6) is 0 Å². The Balaban J connectivity index is 1.77. The number of alkyl halides is 2. The first kappa shape index (κ1) is 24.2. The van der Waals surface area contributed by atoms with Gasteiger partial charge in [0.15, 0.2) is 0 Å². The van der Waals surface area contributed by atoms with E-state index in [4.69, 9.17) is 27.9 Å². The summed E-state index contributed by atoms with van der Waals surface area (Å²) < 4.78 is 5.95. The fourth-order valence-corrected chi connectivity index (χ4v) is 4.01. The van der Waals surface area contributed by atoms with Crippen LogP contribution in [-0.2, 0) is 9.53 Å². The van der Waals surface area contributed by atoms with Crippen molar-refractivity contribution in [2.24, 2.45) is 5.92 Å². The molecular formula is C22H38Cl2O2. The van der Waals surface area contributed by atoms with Gasteiger partial charge in [0.2, 0.25) is 6.29 Å². The van der Waals surface area contributed by atoms with E-state index in [2.05, 4.69) is 6.42 Å². The number of carbonyl (C=O) groups excluding carboxylic acids is 1. The standard InChI is InChI=1S/C22H38Cl2O2/c23-18-22(24)20(19-25)14-10-7-5-3-1-2-4-6-8-13-17-26-21-15-11-9-12-16-21/h9,20-22H,1-8,10-18H2. The largest absolute Gasteiger partial charge is 0.378 e. The van der Waals surface area contributed by atoms with Gasteiger partial charge in [-0.15, -0.1) is 23.2 Å². The monoisotopic (exact) mass is 404 g/mol. The molecule has 0 aromatic carbocycles. The molecule has 152 valence electrons. The number of ether oxygens (including phenoxy) is 1. The molecule has 4 heteroatoms. The van der Waals surface area contributed by atoms with Gasteiger partial charge in [-0.1, -0.05) is 57.8 Å². The van der Waals surface area contributed by atoms with Gasteiger partial charge in [-0.3, -0.25) is 4.79 Å². The smallest absolute Gasteiger partial charge is 0.203 e. The van der Waals surface area contributed by atoms with Crippen LogP contribution in [0.2, 0.25) is 0 Å². The second kappa shape index (κ2) is 17.3. The highest BCUT2D eigenvalue weighted by Crippen LogP contribution is 2.20. The topological polar surface area (TPSA) is 26.3 Å². The molecule has 0 aromatic rings. The summed E-state index contributed by atoms with van der Waals surface area (Å²) in [4.78, 5) is 10.8. The molecule has 2 atom stereocenters. The molecule has 2 unspecified atom stereocenters. The first-order valence-corrected chi connectivity index (χ1v) is 11.8. The van der Waals surface area contributed by atoms with Crippen LogP contribution in [0.3, 0.4) is 0 Å². The van der Waals surface area contributed by atoms with Crippen LogP contribution in [0.15, 0.2) is 0 Å². The third-order valence-corrected chi connectivity index (χ3v) is 6.33. The van der Waals surface area contributed by atoms with E-state index in [-0.39, 0.29) is 11.3 Å². The number of halogens is 2. The number of hydrogen-bond donors (Lipinski definition) is 0. The first-order valence-electron chi connectivity index (χ1n) is 10.8. The molecule has 0 amide bonds. The molecule has 1 fully saturated rings. The van der Waals surface area contributed by atoms with Gasteiger partial charge >= 0.3 is 0 Å². The number of rotatable bonds is 17. The summed E-state index contributed by atoms with van der Waals surface area (Å²) in [6.07, 6.45) is 23.4. The molecule has 2 radical (unpaired) electrons. The SMILES string of the molecule is O=[C]C(CCCCCCCCCCCCOC1CC[CH]CC1)C(Cl)CCl. The van der Waals surface area contributed by atoms with E-state index < -0.39 is 0 Å². The Labute approximate surface area is 171 Å². The predicted molar refractivity (Wildman–Crippen MR) is 113 cm³/mol. The Bertz CT molecular complexity index is 319. The molecule has 0 heterocycles. The van der Waals surface area contributed by atoms with Crippen molar-refractivity contribution in [2.75, 3.05) is 12.5 Å². The summed E-state index contributed by atoms with van der Waals surface area (Å²) >= 11 is 11.7. The molecule has 2 nitrogen and oxygen atoms in total. The van der Waals surface area contributed by atoms with Crippen molar-refractivity contribution in [3.05, 3.63) is 6.42 Å². The molecule has 0 aromatic heterocycles. The molecular weight excluding hydrogens is 367 g/mol. The normalized spacial score (nSPS) is 17.9. The number of unbranched alkanes of at least 4 members (excludes halogenated alkanes) is 9. The maximum Gasteiger partial charge on any atom is 0.203 e. The summed E-state index contributed by atoms with van der Waals surface area (Å²) in [6, 6.07) is 0. The van der Waals surface area contributed by atoms with E-state index in [9.17, 15) is 4.79 Å². The van der Waals surface area contributed by atoms with E-state index in [1.54, 1.807) is 0 Å². The van der Waals surface area contributed by atoms with E-state index in [1.807, 2.05) is 6.29 Å². The summed E-state index contributed by atoms with van der Waals surface area (Å²) in [7, 11) is 0. The van der Waals surface area contributed by atoms with Crippen LogP contribution in [0.4, 0.5) is 0 Å². The van der Waals surface area contributed by atoms with Crippen molar-refractivity contribution >= 4 is 29.5 Å².